The molecule has 10 heavy (non-hydrogen) atoms. The lowest BCUT2D eigenvalue weighted by molar-refractivity contribution is 0.667. The molecule has 1 atom stereocenters. The zero-order valence-electron chi connectivity index (χ0n) is 5.95. The standard InChI is InChI=1S/C7H11NS2/c1-6(4-9)2-7-3-8-5-10-7/h3,5-6,9H,2,4H2,1H3/t6-/m0/s1. The first-order valence-electron chi connectivity index (χ1n) is 3.31. The smallest absolute Gasteiger partial charge is 0.0794 e. The van der Waals surface area contributed by atoms with Crippen molar-refractivity contribution in [2.24, 2.45) is 5.92 Å². The number of thiol groups is 1. The van der Waals surface area contributed by atoms with E-state index in [2.05, 4.69) is 24.5 Å². The predicted octanol–water partition coefficient (Wildman–Crippen LogP) is 2.25. The molecule has 1 aromatic rings. The average Bonchev–Trinajstić information content (AvgIpc) is 2.40. The van der Waals surface area contributed by atoms with Crippen molar-refractivity contribution in [2.75, 3.05) is 5.75 Å². The molecule has 0 N–H and O–H groups in total. The Bertz CT molecular complexity index is 172. The van der Waals surface area contributed by atoms with Gasteiger partial charge in [0.2, 0.25) is 0 Å². The van der Waals surface area contributed by atoms with Gasteiger partial charge in [0.05, 0.1) is 5.51 Å². The van der Waals surface area contributed by atoms with E-state index < -0.39 is 0 Å². The molecule has 0 bridgehead atoms. The average molecular weight is 173 g/mol. The van der Waals surface area contributed by atoms with Crippen LogP contribution in [0.2, 0.25) is 0 Å². The Morgan fingerprint density at radius 1 is 1.80 bits per heavy atom. The normalized spacial score (nSPS) is 13.4. The van der Waals surface area contributed by atoms with Crippen LogP contribution in [0.15, 0.2) is 11.7 Å². The van der Waals surface area contributed by atoms with Crippen LogP contribution in [-0.2, 0) is 6.42 Å². The SMILES string of the molecule is C[C@H](CS)Cc1cncs1. The third-order valence-electron chi connectivity index (χ3n) is 1.34. The van der Waals surface area contributed by atoms with Gasteiger partial charge in [-0.1, -0.05) is 6.92 Å². The lowest BCUT2D eigenvalue weighted by Gasteiger charge is -2.03. The van der Waals surface area contributed by atoms with E-state index in [0.29, 0.717) is 5.92 Å². The molecule has 0 amide bonds. The number of hydrogen-bond acceptors (Lipinski definition) is 3. The molecule has 1 aromatic heterocycles. The Balaban J connectivity index is 2.40. The molecule has 0 fully saturated rings. The van der Waals surface area contributed by atoms with Gasteiger partial charge in [-0.2, -0.15) is 12.6 Å². The van der Waals surface area contributed by atoms with E-state index in [4.69, 9.17) is 0 Å². The first-order valence-corrected chi connectivity index (χ1v) is 4.82. The third kappa shape index (κ3) is 2.31. The van der Waals surface area contributed by atoms with Gasteiger partial charge in [-0.25, -0.2) is 0 Å². The Hall–Kier alpha value is -0.0200. The molecule has 3 heteroatoms. The summed E-state index contributed by atoms with van der Waals surface area (Å²) in [6, 6.07) is 0. The molecule has 56 valence electrons. The molecule has 1 heterocycles. The van der Waals surface area contributed by atoms with Crippen molar-refractivity contribution >= 4 is 24.0 Å². The van der Waals surface area contributed by atoms with Crippen molar-refractivity contribution in [1.82, 2.24) is 4.98 Å². The number of thiazole rings is 1. The van der Waals surface area contributed by atoms with Crippen molar-refractivity contribution in [3.63, 3.8) is 0 Å². The van der Waals surface area contributed by atoms with E-state index >= 15 is 0 Å². The quantitative estimate of drug-likeness (QED) is 0.692. The Labute approximate surface area is 70.9 Å². The lowest BCUT2D eigenvalue weighted by Crippen LogP contribution is -1.98. The van der Waals surface area contributed by atoms with E-state index in [9.17, 15) is 0 Å². The fraction of sp³-hybridized carbons (Fsp3) is 0.571. The molecule has 0 saturated carbocycles. The molecular weight excluding hydrogens is 162 g/mol. The van der Waals surface area contributed by atoms with Crippen LogP contribution in [0.3, 0.4) is 0 Å². The second kappa shape index (κ2) is 3.98. The number of rotatable bonds is 3. The lowest BCUT2D eigenvalue weighted by atomic mass is 10.1. The summed E-state index contributed by atoms with van der Waals surface area (Å²) >= 11 is 5.93. The molecule has 1 nitrogen and oxygen atoms in total. The van der Waals surface area contributed by atoms with E-state index in [1.165, 1.54) is 4.88 Å². The van der Waals surface area contributed by atoms with Gasteiger partial charge in [0, 0.05) is 11.1 Å². The fourth-order valence-electron chi connectivity index (χ4n) is 0.751. The maximum atomic E-state index is 4.21. The number of hydrogen-bond donors (Lipinski definition) is 1. The van der Waals surface area contributed by atoms with Crippen molar-refractivity contribution in [2.45, 2.75) is 13.3 Å². The Kier molecular flexibility index (Phi) is 3.22. The van der Waals surface area contributed by atoms with Gasteiger partial charge in [0.15, 0.2) is 0 Å². The van der Waals surface area contributed by atoms with Crippen molar-refractivity contribution in [1.29, 1.82) is 0 Å². The molecule has 0 saturated heterocycles. The minimum absolute atomic E-state index is 0.670. The Morgan fingerprint density at radius 3 is 3.10 bits per heavy atom. The summed E-state index contributed by atoms with van der Waals surface area (Å²) in [5.41, 5.74) is 1.88. The maximum absolute atomic E-state index is 4.21. The van der Waals surface area contributed by atoms with E-state index in [0.717, 1.165) is 12.2 Å². The summed E-state index contributed by atoms with van der Waals surface area (Å²) < 4.78 is 0. The van der Waals surface area contributed by atoms with Crippen LogP contribution in [-0.4, -0.2) is 10.7 Å². The summed E-state index contributed by atoms with van der Waals surface area (Å²) in [5.74, 6) is 1.63. The summed E-state index contributed by atoms with van der Waals surface area (Å²) in [7, 11) is 0. The van der Waals surface area contributed by atoms with E-state index in [-0.39, 0.29) is 0 Å². The highest BCUT2D eigenvalue weighted by Crippen LogP contribution is 2.12. The first-order chi connectivity index (χ1) is 4.83. The molecule has 0 aliphatic rings. The highest BCUT2D eigenvalue weighted by atomic mass is 32.1. The molecule has 0 aromatic carbocycles. The van der Waals surface area contributed by atoms with Crippen LogP contribution in [0.25, 0.3) is 0 Å². The molecule has 0 aliphatic carbocycles. The van der Waals surface area contributed by atoms with Crippen LogP contribution < -0.4 is 0 Å². The van der Waals surface area contributed by atoms with Gasteiger partial charge >= 0.3 is 0 Å². The highest BCUT2D eigenvalue weighted by Gasteiger charge is 2.01. The van der Waals surface area contributed by atoms with Gasteiger partial charge in [-0.15, -0.1) is 11.3 Å². The number of nitrogens with zero attached hydrogens (tertiary/aromatic N) is 1. The fourth-order valence-corrected chi connectivity index (χ4v) is 1.64. The zero-order valence-corrected chi connectivity index (χ0v) is 7.66. The minimum atomic E-state index is 0.670. The highest BCUT2D eigenvalue weighted by molar-refractivity contribution is 7.80. The van der Waals surface area contributed by atoms with Crippen LogP contribution in [0.4, 0.5) is 0 Å². The van der Waals surface area contributed by atoms with E-state index in [1.54, 1.807) is 11.3 Å². The summed E-state index contributed by atoms with van der Waals surface area (Å²) in [5, 5.41) is 0. The van der Waals surface area contributed by atoms with Crippen molar-refractivity contribution in [3.8, 4) is 0 Å². The van der Waals surface area contributed by atoms with Crippen LogP contribution in [0.1, 0.15) is 11.8 Å². The molecule has 0 radical (unpaired) electrons. The van der Waals surface area contributed by atoms with Crippen LogP contribution in [0, 0.1) is 5.92 Å². The van der Waals surface area contributed by atoms with Gasteiger partial charge in [-0.05, 0) is 18.1 Å². The Morgan fingerprint density at radius 2 is 2.60 bits per heavy atom. The van der Waals surface area contributed by atoms with Crippen LogP contribution >= 0.6 is 24.0 Å². The topological polar surface area (TPSA) is 12.9 Å². The van der Waals surface area contributed by atoms with Gasteiger partial charge in [0.1, 0.15) is 0 Å². The second-order valence-electron chi connectivity index (χ2n) is 2.46. The molecule has 0 aliphatic heterocycles. The third-order valence-corrected chi connectivity index (χ3v) is 2.77. The summed E-state index contributed by atoms with van der Waals surface area (Å²) in [4.78, 5) is 5.37. The first kappa shape index (κ1) is 8.08. The minimum Gasteiger partial charge on any atom is -0.253 e. The van der Waals surface area contributed by atoms with Crippen molar-refractivity contribution in [3.05, 3.63) is 16.6 Å². The summed E-state index contributed by atoms with van der Waals surface area (Å²) in [6.07, 6.45) is 3.05. The van der Waals surface area contributed by atoms with Gasteiger partial charge in [-0.3, -0.25) is 4.98 Å². The second-order valence-corrected chi connectivity index (χ2v) is 3.80. The van der Waals surface area contributed by atoms with Gasteiger partial charge in [0.25, 0.3) is 0 Å². The number of aromatic nitrogens is 1. The summed E-state index contributed by atoms with van der Waals surface area (Å²) in [6.45, 7) is 2.20. The molecule has 1 rings (SSSR count). The monoisotopic (exact) mass is 173 g/mol. The molecular formula is C7H11NS2. The largest absolute Gasteiger partial charge is 0.253 e. The van der Waals surface area contributed by atoms with Crippen LogP contribution in [0.5, 0.6) is 0 Å². The maximum Gasteiger partial charge on any atom is 0.0794 e. The van der Waals surface area contributed by atoms with E-state index in [1.807, 2.05) is 11.7 Å². The van der Waals surface area contributed by atoms with Gasteiger partial charge < -0.3 is 0 Å². The predicted molar refractivity (Wildman–Crippen MR) is 48.8 cm³/mol. The molecule has 0 unspecified atom stereocenters. The molecule has 0 spiro atoms. The zero-order chi connectivity index (χ0) is 7.40. The van der Waals surface area contributed by atoms with Crippen molar-refractivity contribution < 1.29 is 0 Å².